The predicted octanol–water partition coefficient (Wildman–Crippen LogP) is 1.61. The zero-order valence-corrected chi connectivity index (χ0v) is 9.35. The third-order valence-corrected chi connectivity index (χ3v) is 2.69. The van der Waals surface area contributed by atoms with E-state index in [1.54, 1.807) is 0 Å². The fraction of sp³-hybridized carbons (Fsp3) is 0.500. The number of esters is 2. The van der Waals surface area contributed by atoms with Gasteiger partial charge in [0.25, 0.3) is 0 Å². The predicted molar refractivity (Wildman–Crippen MR) is 58.6 cm³/mol. The first-order chi connectivity index (χ1) is 7.58. The van der Waals surface area contributed by atoms with E-state index in [1.807, 2.05) is 6.92 Å². The molecule has 1 aliphatic rings. The van der Waals surface area contributed by atoms with E-state index in [9.17, 15) is 9.59 Å². The standard InChI is InChI=1S/C12H16O4/c1-4-10(13)15-9-7-6-8(3)12(9)16-11(14)5-2/h4-5,8-9,12H,1-2,6-7H2,3H3. The minimum atomic E-state index is -0.488. The highest BCUT2D eigenvalue weighted by Gasteiger charge is 2.38. The summed E-state index contributed by atoms with van der Waals surface area (Å²) in [7, 11) is 0. The molecule has 16 heavy (non-hydrogen) atoms. The Morgan fingerprint density at radius 2 is 1.69 bits per heavy atom. The average molecular weight is 224 g/mol. The molecule has 0 amide bonds. The molecule has 3 unspecified atom stereocenters. The van der Waals surface area contributed by atoms with E-state index in [0.717, 1.165) is 18.6 Å². The second-order valence-electron chi connectivity index (χ2n) is 3.84. The lowest BCUT2D eigenvalue weighted by Gasteiger charge is -2.22. The molecule has 1 fully saturated rings. The Balaban J connectivity index is 2.62. The normalized spacial score (nSPS) is 28.2. The molecule has 3 atom stereocenters. The molecule has 0 aromatic rings. The van der Waals surface area contributed by atoms with Gasteiger partial charge in [-0.3, -0.25) is 0 Å². The highest BCUT2D eigenvalue weighted by atomic mass is 16.6. The van der Waals surface area contributed by atoms with Gasteiger partial charge in [-0.2, -0.15) is 0 Å². The summed E-state index contributed by atoms with van der Waals surface area (Å²) >= 11 is 0. The van der Waals surface area contributed by atoms with Gasteiger partial charge >= 0.3 is 11.9 Å². The van der Waals surface area contributed by atoms with Gasteiger partial charge in [0, 0.05) is 12.2 Å². The van der Waals surface area contributed by atoms with Gasteiger partial charge < -0.3 is 9.47 Å². The van der Waals surface area contributed by atoms with Crippen LogP contribution in [-0.4, -0.2) is 24.1 Å². The summed E-state index contributed by atoms with van der Waals surface area (Å²) in [6.07, 6.45) is 3.03. The molecule has 4 heteroatoms. The van der Waals surface area contributed by atoms with Gasteiger partial charge in [-0.15, -0.1) is 0 Å². The molecule has 0 aromatic carbocycles. The smallest absolute Gasteiger partial charge is 0.330 e. The molecule has 0 spiro atoms. The summed E-state index contributed by atoms with van der Waals surface area (Å²) in [6, 6.07) is 0. The van der Waals surface area contributed by atoms with Crippen molar-refractivity contribution in [2.45, 2.75) is 32.0 Å². The van der Waals surface area contributed by atoms with Crippen LogP contribution in [0.2, 0.25) is 0 Å². The summed E-state index contributed by atoms with van der Waals surface area (Å²) < 4.78 is 10.3. The van der Waals surface area contributed by atoms with Gasteiger partial charge in [-0.1, -0.05) is 20.1 Å². The lowest BCUT2D eigenvalue weighted by atomic mass is 10.1. The van der Waals surface area contributed by atoms with E-state index in [4.69, 9.17) is 9.47 Å². The van der Waals surface area contributed by atoms with Crippen molar-refractivity contribution in [1.29, 1.82) is 0 Å². The van der Waals surface area contributed by atoms with Crippen LogP contribution in [0.25, 0.3) is 0 Å². The number of rotatable bonds is 4. The van der Waals surface area contributed by atoms with E-state index in [2.05, 4.69) is 13.2 Å². The number of carbonyl (C=O) groups is 2. The van der Waals surface area contributed by atoms with Crippen LogP contribution in [0.5, 0.6) is 0 Å². The van der Waals surface area contributed by atoms with E-state index in [0.29, 0.717) is 6.42 Å². The van der Waals surface area contributed by atoms with Crippen LogP contribution >= 0.6 is 0 Å². The quantitative estimate of drug-likeness (QED) is 0.537. The van der Waals surface area contributed by atoms with Crippen LogP contribution in [0.3, 0.4) is 0 Å². The third-order valence-electron chi connectivity index (χ3n) is 2.69. The SMILES string of the molecule is C=CC(=O)OC1CCC(C)C1OC(=O)C=C. The average Bonchev–Trinajstić information content (AvgIpc) is 2.61. The van der Waals surface area contributed by atoms with E-state index in [-0.39, 0.29) is 18.1 Å². The molecule has 0 aliphatic heterocycles. The Morgan fingerprint density at radius 1 is 1.12 bits per heavy atom. The van der Waals surface area contributed by atoms with E-state index < -0.39 is 11.9 Å². The third kappa shape index (κ3) is 2.95. The van der Waals surface area contributed by atoms with Crippen molar-refractivity contribution in [1.82, 2.24) is 0 Å². The summed E-state index contributed by atoms with van der Waals surface area (Å²) in [5.41, 5.74) is 0. The molecule has 88 valence electrons. The van der Waals surface area contributed by atoms with E-state index in [1.165, 1.54) is 0 Å². The van der Waals surface area contributed by atoms with Crippen LogP contribution in [0, 0.1) is 5.92 Å². The molecule has 1 saturated carbocycles. The Bertz CT molecular complexity index is 308. The van der Waals surface area contributed by atoms with Crippen molar-refractivity contribution >= 4 is 11.9 Å². The number of carbonyl (C=O) groups excluding carboxylic acids is 2. The minimum Gasteiger partial charge on any atom is -0.455 e. The molecule has 1 rings (SSSR count). The topological polar surface area (TPSA) is 52.6 Å². The first kappa shape index (κ1) is 12.5. The Labute approximate surface area is 94.9 Å². The zero-order chi connectivity index (χ0) is 12.1. The Morgan fingerprint density at radius 3 is 2.25 bits per heavy atom. The monoisotopic (exact) mass is 224 g/mol. The van der Waals surface area contributed by atoms with Crippen LogP contribution in [0.15, 0.2) is 25.3 Å². The summed E-state index contributed by atoms with van der Waals surface area (Å²) in [6.45, 7) is 8.62. The summed E-state index contributed by atoms with van der Waals surface area (Å²) in [5.74, 6) is -0.788. The van der Waals surface area contributed by atoms with Crippen molar-refractivity contribution in [3.05, 3.63) is 25.3 Å². The maximum atomic E-state index is 11.1. The van der Waals surface area contributed by atoms with Crippen LogP contribution < -0.4 is 0 Å². The van der Waals surface area contributed by atoms with Crippen molar-refractivity contribution in [3.8, 4) is 0 Å². The zero-order valence-electron chi connectivity index (χ0n) is 9.35. The van der Waals surface area contributed by atoms with Gasteiger partial charge in [-0.05, 0) is 18.8 Å². The highest BCUT2D eigenvalue weighted by Crippen LogP contribution is 2.30. The lowest BCUT2D eigenvalue weighted by Crippen LogP contribution is -2.33. The number of hydrogen-bond acceptors (Lipinski definition) is 4. The Kier molecular flexibility index (Phi) is 4.28. The van der Waals surface area contributed by atoms with Crippen molar-refractivity contribution in [3.63, 3.8) is 0 Å². The van der Waals surface area contributed by atoms with Gasteiger partial charge in [0.2, 0.25) is 0 Å². The summed E-state index contributed by atoms with van der Waals surface area (Å²) in [5, 5.41) is 0. The van der Waals surface area contributed by atoms with Crippen molar-refractivity contribution in [2.75, 3.05) is 0 Å². The highest BCUT2D eigenvalue weighted by molar-refractivity contribution is 5.82. The van der Waals surface area contributed by atoms with Crippen LogP contribution in [0.4, 0.5) is 0 Å². The minimum absolute atomic E-state index is 0.187. The second-order valence-corrected chi connectivity index (χ2v) is 3.84. The van der Waals surface area contributed by atoms with Gasteiger partial charge in [0.05, 0.1) is 0 Å². The second kappa shape index (κ2) is 5.49. The molecule has 0 saturated heterocycles. The molecule has 0 bridgehead atoms. The molecular formula is C12H16O4. The van der Waals surface area contributed by atoms with Crippen molar-refractivity contribution < 1.29 is 19.1 Å². The maximum absolute atomic E-state index is 11.1. The fourth-order valence-electron chi connectivity index (χ4n) is 1.82. The molecule has 0 aromatic heterocycles. The molecule has 0 N–H and O–H groups in total. The molecule has 4 nitrogen and oxygen atoms in total. The number of ether oxygens (including phenoxy) is 2. The van der Waals surface area contributed by atoms with Crippen LogP contribution in [-0.2, 0) is 19.1 Å². The Hall–Kier alpha value is -1.58. The lowest BCUT2D eigenvalue weighted by molar-refractivity contribution is -0.160. The molecule has 0 heterocycles. The number of hydrogen-bond donors (Lipinski definition) is 0. The summed E-state index contributed by atoms with van der Waals surface area (Å²) in [4.78, 5) is 22.2. The van der Waals surface area contributed by atoms with Crippen LogP contribution in [0.1, 0.15) is 19.8 Å². The van der Waals surface area contributed by atoms with Gasteiger partial charge in [0.15, 0.2) is 0 Å². The molecule has 1 aliphatic carbocycles. The largest absolute Gasteiger partial charge is 0.455 e. The molecule has 0 radical (unpaired) electrons. The first-order valence-electron chi connectivity index (χ1n) is 5.24. The van der Waals surface area contributed by atoms with E-state index >= 15 is 0 Å². The van der Waals surface area contributed by atoms with Crippen molar-refractivity contribution in [2.24, 2.45) is 5.92 Å². The maximum Gasteiger partial charge on any atom is 0.330 e. The fourth-order valence-corrected chi connectivity index (χ4v) is 1.82. The molecular weight excluding hydrogens is 208 g/mol. The first-order valence-corrected chi connectivity index (χ1v) is 5.24. The van der Waals surface area contributed by atoms with Gasteiger partial charge in [0.1, 0.15) is 12.2 Å². The van der Waals surface area contributed by atoms with Gasteiger partial charge in [-0.25, -0.2) is 9.59 Å².